The highest BCUT2D eigenvalue weighted by Gasteiger charge is 2.45. The van der Waals surface area contributed by atoms with Crippen molar-refractivity contribution < 1.29 is 33.2 Å². The SMILES string of the molecule is CN1CCN([C@@H]2CCCN(c3nnc(C(N)=O)c(Nc4ccc(C5CCN(C[C@@H]6CCN(c7ccc8c(c7)C(=O)N(C7CCC(=O)NC7=O)C8=O)C6)CC5)c(F)c4)n3)C2)C1=O. The van der Waals surface area contributed by atoms with Gasteiger partial charge in [0.1, 0.15) is 11.9 Å². The van der Waals surface area contributed by atoms with E-state index in [4.69, 9.17) is 5.73 Å². The predicted octanol–water partition coefficient (Wildman–Crippen LogP) is 2.30. The quantitative estimate of drug-likeness (QED) is 0.251. The van der Waals surface area contributed by atoms with Gasteiger partial charge in [0.25, 0.3) is 17.7 Å². The summed E-state index contributed by atoms with van der Waals surface area (Å²) in [7, 11) is 1.79. The van der Waals surface area contributed by atoms with E-state index in [0.29, 0.717) is 49.3 Å². The van der Waals surface area contributed by atoms with Gasteiger partial charge < -0.3 is 35.6 Å². The molecule has 3 atom stereocenters. The number of nitrogens with two attached hydrogens (primary N) is 1. The number of rotatable bonds is 10. The third kappa shape index (κ3) is 7.81. The number of fused-ring (bicyclic) bond motifs is 1. The summed E-state index contributed by atoms with van der Waals surface area (Å²) in [5.41, 5.74) is 7.89. The second-order valence-corrected chi connectivity index (χ2v) is 17.0. The molecule has 5 fully saturated rings. The van der Waals surface area contributed by atoms with E-state index in [1.54, 1.807) is 36.2 Å². The molecule has 6 aliphatic rings. The highest BCUT2D eigenvalue weighted by molar-refractivity contribution is 6.23. The summed E-state index contributed by atoms with van der Waals surface area (Å²) in [6.07, 6.45) is 4.43. The van der Waals surface area contributed by atoms with Gasteiger partial charge in [-0.1, -0.05) is 6.07 Å². The van der Waals surface area contributed by atoms with Crippen molar-refractivity contribution in [2.45, 2.75) is 62.9 Å². The molecule has 0 radical (unpaired) electrons. The fourth-order valence-corrected chi connectivity index (χ4v) is 9.84. The maximum absolute atomic E-state index is 15.8. The molecule has 3 aromatic rings. The van der Waals surface area contributed by atoms with Crippen LogP contribution >= 0.6 is 0 Å². The maximum Gasteiger partial charge on any atom is 0.320 e. The van der Waals surface area contributed by atoms with E-state index in [-0.39, 0.29) is 59.3 Å². The van der Waals surface area contributed by atoms with Crippen LogP contribution in [0.15, 0.2) is 36.4 Å². The zero-order valence-electron chi connectivity index (χ0n) is 34.0. The van der Waals surface area contributed by atoms with E-state index < -0.39 is 35.6 Å². The number of aromatic nitrogens is 3. The van der Waals surface area contributed by atoms with Crippen molar-refractivity contribution in [2.75, 3.05) is 81.1 Å². The zero-order valence-corrected chi connectivity index (χ0v) is 34.0. The Morgan fingerprint density at radius 1 is 0.869 bits per heavy atom. The lowest BCUT2D eigenvalue weighted by atomic mass is 9.88. The number of hydrogen-bond acceptors (Lipinski definition) is 13. The standard InChI is InChI=1S/C42H49FN12O6/c1-50-17-18-54(42(50)61)28-3-2-13-53(23-28)41-47-37(35(36(44)57)48-49-41)45-26-4-6-29(32(43)19-26)25-11-14-51(15-12-25)21-24-10-16-52(22-24)27-5-7-30-31(20-27)40(60)55(39(30)59)33-8-9-34(56)46-38(33)58/h4-7,19-20,24-25,28,33H,2-3,8-18,21-23H2,1H3,(H2,44,57)(H,45,47,49)(H,46,56,58)/t24-,28+,33?/m0/s1. The van der Waals surface area contributed by atoms with Gasteiger partial charge in [-0.15, -0.1) is 10.2 Å². The third-order valence-electron chi connectivity index (χ3n) is 13.2. The number of anilines is 4. The molecule has 1 aromatic heterocycles. The monoisotopic (exact) mass is 836 g/mol. The van der Waals surface area contributed by atoms with Crippen LogP contribution in [-0.4, -0.2) is 148 Å². The second-order valence-electron chi connectivity index (χ2n) is 17.0. The first-order valence-corrected chi connectivity index (χ1v) is 21.1. The molecule has 0 aliphatic carbocycles. The number of nitrogens with zero attached hydrogens (tertiary/aromatic N) is 9. The van der Waals surface area contributed by atoms with Gasteiger partial charge in [-0.25, -0.2) is 9.18 Å². The Hall–Kier alpha value is -6.24. The minimum Gasteiger partial charge on any atom is -0.371 e. The largest absolute Gasteiger partial charge is 0.371 e. The molecule has 0 spiro atoms. The topological polar surface area (TPSA) is 211 Å². The van der Waals surface area contributed by atoms with Crippen molar-refractivity contribution in [3.8, 4) is 0 Å². The number of nitrogens with one attached hydrogen (secondary N) is 2. The highest BCUT2D eigenvalue weighted by Crippen LogP contribution is 2.35. The van der Waals surface area contributed by atoms with Crippen LogP contribution in [0, 0.1) is 11.7 Å². The minimum atomic E-state index is -1.00. The number of carbonyl (C=O) groups excluding carboxylic acids is 6. The Bertz CT molecular complexity index is 2300. The molecule has 61 heavy (non-hydrogen) atoms. The molecule has 0 bridgehead atoms. The number of halogens is 1. The van der Waals surface area contributed by atoms with Crippen LogP contribution in [0.1, 0.15) is 87.6 Å². The number of benzene rings is 2. The number of carbonyl (C=O) groups is 6. The lowest BCUT2D eigenvalue weighted by Gasteiger charge is -2.37. The van der Waals surface area contributed by atoms with E-state index in [9.17, 15) is 28.8 Å². The number of hydrogen-bond donors (Lipinski definition) is 3. The molecule has 2 aromatic carbocycles. The molecule has 0 saturated carbocycles. The molecule has 7 amide bonds. The smallest absolute Gasteiger partial charge is 0.320 e. The summed E-state index contributed by atoms with van der Waals surface area (Å²) in [5, 5.41) is 13.6. The normalized spacial score (nSPS) is 23.9. The number of likely N-dealkylation sites (N-methyl/N-ethyl adjacent to an activating group) is 1. The molecule has 5 saturated heterocycles. The van der Waals surface area contributed by atoms with Gasteiger partial charge in [0, 0.05) is 70.7 Å². The lowest BCUT2D eigenvalue weighted by molar-refractivity contribution is -0.136. The Morgan fingerprint density at radius 2 is 1.67 bits per heavy atom. The Labute approximate surface area is 351 Å². The van der Waals surface area contributed by atoms with Gasteiger partial charge in [0.2, 0.25) is 17.8 Å². The maximum atomic E-state index is 15.8. The molecular weight excluding hydrogens is 788 g/mol. The average molecular weight is 837 g/mol. The first-order valence-electron chi connectivity index (χ1n) is 21.1. The first kappa shape index (κ1) is 40.2. The number of primary amides is 1. The second kappa shape index (κ2) is 16.3. The van der Waals surface area contributed by atoms with Crippen molar-refractivity contribution >= 4 is 58.7 Å². The molecule has 6 aliphatic heterocycles. The molecule has 320 valence electrons. The van der Waals surface area contributed by atoms with E-state index in [2.05, 4.69) is 35.6 Å². The number of amides is 7. The van der Waals surface area contributed by atoms with Crippen LogP contribution in [0.5, 0.6) is 0 Å². The summed E-state index contributed by atoms with van der Waals surface area (Å²) >= 11 is 0. The van der Waals surface area contributed by atoms with Gasteiger partial charge in [-0.3, -0.25) is 34.2 Å². The summed E-state index contributed by atoms with van der Waals surface area (Å²) in [5.74, 6) is -2.43. The molecule has 1 unspecified atom stereocenters. The van der Waals surface area contributed by atoms with Crippen molar-refractivity contribution in [1.82, 2.24) is 40.1 Å². The van der Waals surface area contributed by atoms with Gasteiger partial charge in [0.15, 0.2) is 11.5 Å². The van der Waals surface area contributed by atoms with Crippen molar-refractivity contribution in [3.05, 3.63) is 64.6 Å². The first-order chi connectivity index (χ1) is 29.4. The van der Waals surface area contributed by atoms with Crippen molar-refractivity contribution in [3.63, 3.8) is 0 Å². The van der Waals surface area contributed by atoms with Crippen LogP contribution in [0.3, 0.4) is 0 Å². The van der Waals surface area contributed by atoms with E-state index >= 15 is 4.39 Å². The van der Waals surface area contributed by atoms with Gasteiger partial charge in [0.05, 0.1) is 17.2 Å². The number of piperidine rings is 3. The fourth-order valence-electron chi connectivity index (χ4n) is 9.84. The van der Waals surface area contributed by atoms with Crippen LogP contribution in [0.4, 0.5) is 32.3 Å². The van der Waals surface area contributed by atoms with E-state index in [1.807, 2.05) is 15.9 Å². The molecule has 4 N–H and O–H groups in total. The molecule has 9 rings (SSSR count). The minimum absolute atomic E-state index is 0.00205. The predicted molar refractivity (Wildman–Crippen MR) is 220 cm³/mol. The number of urea groups is 1. The molecule has 19 heteroatoms. The van der Waals surface area contributed by atoms with Crippen molar-refractivity contribution in [2.24, 2.45) is 11.7 Å². The average Bonchev–Trinajstić information content (AvgIpc) is 3.93. The Kier molecular flexibility index (Phi) is 10.7. The van der Waals surface area contributed by atoms with E-state index in [1.165, 1.54) is 6.07 Å². The van der Waals surface area contributed by atoms with Gasteiger partial charge >= 0.3 is 6.03 Å². The summed E-state index contributed by atoms with van der Waals surface area (Å²) in [6, 6.07) is 9.21. The number of likely N-dealkylation sites (tertiary alicyclic amines) is 1. The summed E-state index contributed by atoms with van der Waals surface area (Å²) in [6.45, 7) is 6.65. The van der Waals surface area contributed by atoms with Crippen LogP contribution in [0.25, 0.3) is 0 Å². The lowest BCUT2D eigenvalue weighted by Crippen LogP contribution is -2.54. The number of imide groups is 2. The molecule has 7 heterocycles. The molecule has 18 nitrogen and oxygen atoms in total. The van der Waals surface area contributed by atoms with Crippen LogP contribution in [-0.2, 0) is 9.59 Å². The third-order valence-corrected chi connectivity index (χ3v) is 13.2. The summed E-state index contributed by atoms with van der Waals surface area (Å²) < 4.78 is 15.8. The Morgan fingerprint density at radius 3 is 2.41 bits per heavy atom. The van der Waals surface area contributed by atoms with Crippen LogP contribution in [0.2, 0.25) is 0 Å². The van der Waals surface area contributed by atoms with E-state index in [0.717, 1.165) is 75.4 Å². The van der Waals surface area contributed by atoms with Gasteiger partial charge in [-0.05, 0) is 99.3 Å². The van der Waals surface area contributed by atoms with Crippen LogP contribution < -0.4 is 26.2 Å². The Balaban J connectivity index is 0.786. The van der Waals surface area contributed by atoms with Crippen molar-refractivity contribution in [1.29, 1.82) is 0 Å². The summed E-state index contributed by atoms with van der Waals surface area (Å²) in [4.78, 5) is 91.4. The highest BCUT2D eigenvalue weighted by atomic mass is 19.1. The van der Waals surface area contributed by atoms with Gasteiger partial charge in [-0.2, -0.15) is 4.98 Å². The zero-order chi connectivity index (χ0) is 42.5. The fraction of sp³-hybridized carbons (Fsp3) is 0.500. The molecular formula is C42H49FN12O6.